The number of nitro groups is 1. The molecule has 0 unspecified atom stereocenters. The fraction of sp³-hybridized carbons (Fsp3) is 0.0500. The van der Waals surface area contributed by atoms with Gasteiger partial charge in [-0.25, -0.2) is 0 Å². The van der Waals surface area contributed by atoms with Crippen LogP contribution in [0.25, 0.3) is 0 Å². The lowest BCUT2D eigenvalue weighted by Gasteiger charge is -2.24. The molecule has 3 rings (SSSR count). The van der Waals surface area contributed by atoms with Gasteiger partial charge in [0.2, 0.25) is 0 Å². The summed E-state index contributed by atoms with van der Waals surface area (Å²) in [7, 11) is 0. The summed E-state index contributed by atoms with van der Waals surface area (Å²) in [6.45, 7) is 0.356. The van der Waals surface area contributed by atoms with Gasteiger partial charge in [0.05, 0.1) is 17.2 Å². The van der Waals surface area contributed by atoms with Gasteiger partial charge in [0.1, 0.15) is 0 Å². The van der Waals surface area contributed by atoms with Crippen LogP contribution in [0.3, 0.4) is 0 Å². The Hall–Kier alpha value is -2.26. The lowest BCUT2D eigenvalue weighted by molar-refractivity contribution is -0.384. The fourth-order valence-corrected chi connectivity index (χ4v) is 3.56. The van der Waals surface area contributed by atoms with Crippen LogP contribution in [0.4, 0.5) is 11.4 Å². The van der Waals surface area contributed by atoms with E-state index in [1.165, 1.54) is 18.2 Å². The summed E-state index contributed by atoms with van der Waals surface area (Å²) in [5.41, 5.74) is 1.89. The van der Waals surface area contributed by atoms with E-state index >= 15 is 0 Å². The summed E-state index contributed by atoms with van der Waals surface area (Å²) in [6, 6.07) is 21.1. The highest BCUT2D eigenvalue weighted by Gasteiger charge is 2.21. The molecule has 0 saturated heterocycles. The van der Waals surface area contributed by atoms with Gasteiger partial charge in [-0.2, -0.15) is 0 Å². The van der Waals surface area contributed by atoms with E-state index < -0.39 is 4.92 Å². The van der Waals surface area contributed by atoms with E-state index in [0.29, 0.717) is 6.54 Å². The molecule has 1 amide bonds. The Kier molecular flexibility index (Phi) is 6.22. The molecule has 3 aromatic carbocycles. The van der Waals surface area contributed by atoms with E-state index in [1.54, 1.807) is 11.0 Å². The summed E-state index contributed by atoms with van der Waals surface area (Å²) in [5.74, 6) is -0.286. The first-order valence-electron chi connectivity index (χ1n) is 8.01. The molecule has 7 heteroatoms. The number of halogens is 2. The van der Waals surface area contributed by atoms with Gasteiger partial charge in [-0.05, 0) is 58.5 Å². The summed E-state index contributed by atoms with van der Waals surface area (Å²) < 4.78 is 1.88. The van der Waals surface area contributed by atoms with Gasteiger partial charge in [0.15, 0.2) is 0 Å². The average molecular weight is 537 g/mol. The Morgan fingerprint density at radius 3 is 2.41 bits per heavy atom. The SMILES string of the molecule is O=C(c1cccc([N+](=O)[O-])c1)N(Cc1ccc(Br)cc1)c1ccccc1I. The zero-order chi connectivity index (χ0) is 19.4. The predicted octanol–water partition coefficient (Wildman–Crippen LogP) is 5.81. The lowest BCUT2D eigenvalue weighted by atomic mass is 10.1. The number of amides is 1. The minimum atomic E-state index is -0.498. The summed E-state index contributed by atoms with van der Waals surface area (Å²) >= 11 is 5.59. The maximum absolute atomic E-state index is 13.2. The zero-order valence-electron chi connectivity index (χ0n) is 14.0. The zero-order valence-corrected chi connectivity index (χ0v) is 17.8. The number of hydrogen-bond donors (Lipinski definition) is 0. The Balaban J connectivity index is 2.02. The van der Waals surface area contributed by atoms with Gasteiger partial charge in [-0.1, -0.05) is 46.3 Å². The molecule has 0 saturated carbocycles. The normalized spacial score (nSPS) is 10.4. The van der Waals surface area contributed by atoms with Crippen molar-refractivity contribution < 1.29 is 9.72 Å². The molecule has 0 fully saturated rings. The highest BCUT2D eigenvalue weighted by molar-refractivity contribution is 14.1. The van der Waals surface area contributed by atoms with Gasteiger partial charge in [-0.3, -0.25) is 14.9 Å². The molecular formula is C20H14BrIN2O3. The van der Waals surface area contributed by atoms with Gasteiger partial charge < -0.3 is 4.90 Å². The molecule has 0 bridgehead atoms. The molecule has 0 aliphatic carbocycles. The molecule has 3 aromatic rings. The highest BCUT2D eigenvalue weighted by atomic mass is 127. The Bertz CT molecular complexity index is 993. The predicted molar refractivity (Wildman–Crippen MR) is 117 cm³/mol. The summed E-state index contributed by atoms with van der Waals surface area (Å²) in [6.07, 6.45) is 0. The van der Waals surface area contributed by atoms with Gasteiger partial charge in [0, 0.05) is 25.7 Å². The molecule has 0 radical (unpaired) electrons. The van der Waals surface area contributed by atoms with Crippen molar-refractivity contribution in [1.29, 1.82) is 0 Å². The van der Waals surface area contributed by atoms with E-state index in [9.17, 15) is 14.9 Å². The first-order chi connectivity index (χ1) is 13.0. The number of carbonyl (C=O) groups is 1. The largest absolute Gasteiger partial charge is 0.303 e. The van der Waals surface area contributed by atoms with Gasteiger partial charge >= 0.3 is 0 Å². The molecule has 0 aromatic heterocycles. The number of anilines is 1. The monoisotopic (exact) mass is 536 g/mol. The quantitative estimate of drug-likeness (QED) is 0.235. The van der Waals surface area contributed by atoms with Crippen molar-refractivity contribution in [3.05, 3.63) is 102 Å². The molecule has 136 valence electrons. The third-order valence-corrected chi connectivity index (χ3v) is 5.39. The number of rotatable bonds is 5. The van der Waals surface area contributed by atoms with E-state index in [2.05, 4.69) is 38.5 Å². The highest BCUT2D eigenvalue weighted by Crippen LogP contribution is 2.27. The van der Waals surface area contributed by atoms with Crippen molar-refractivity contribution in [2.24, 2.45) is 0 Å². The molecule has 0 atom stereocenters. The second kappa shape index (κ2) is 8.62. The van der Waals surface area contributed by atoms with E-state index in [-0.39, 0.29) is 17.2 Å². The van der Waals surface area contributed by atoms with Crippen molar-refractivity contribution in [3.8, 4) is 0 Å². The Labute approximate surface area is 178 Å². The second-order valence-electron chi connectivity index (χ2n) is 5.78. The Morgan fingerprint density at radius 1 is 1.04 bits per heavy atom. The van der Waals surface area contributed by atoms with Crippen LogP contribution >= 0.6 is 38.5 Å². The van der Waals surface area contributed by atoms with Crippen molar-refractivity contribution in [1.82, 2.24) is 0 Å². The molecule has 0 spiro atoms. The van der Waals surface area contributed by atoms with Crippen molar-refractivity contribution in [2.45, 2.75) is 6.54 Å². The van der Waals surface area contributed by atoms with Crippen LogP contribution in [0.1, 0.15) is 15.9 Å². The third-order valence-electron chi connectivity index (χ3n) is 3.95. The van der Waals surface area contributed by atoms with E-state index in [0.717, 1.165) is 19.3 Å². The molecular weight excluding hydrogens is 523 g/mol. The summed E-state index contributed by atoms with van der Waals surface area (Å²) in [4.78, 5) is 25.4. The minimum absolute atomic E-state index is 0.104. The van der Waals surface area contributed by atoms with Crippen LogP contribution in [0.2, 0.25) is 0 Å². The number of nitro benzene ring substituents is 1. The molecule has 5 nitrogen and oxygen atoms in total. The van der Waals surface area contributed by atoms with Crippen LogP contribution in [0.15, 0.2) is 77.3 Å². The van der Waals surface area contributed by atoms with Crippen LogP contribution in [-0.2, 0) is 6.54 Å². The smallest absolute Gasteiger partial charge is 0.270 e. The van der Waals surface area contributed by atoms with Crippen molar-refractivity contribution in [3.63, 3.8) is 0 Å². The third kappa shape index (κ3) is 4.72. The minimum Gasteiger partial charge on any atom is -0.303 e. The molecule has 0 N–H and O–H groups in total. The van der Waals surface area contributed by atoms with Crippen LogP contribution in [0.5, 0.6) is 0 Å². The van der Waals surface area contributed by atoms with Crippen molar-refractivity contribution in [2.75, 3.05) is 4.90 Å². The van der Waals surface area contributed by atoms with Crippen LogP contribution in [-0.4, -0.2) is 10.8 Å². The number of benzene rings is 3. The number of hydrogen-bond acceptors (Lipinski definition) is 3. The van der Waals surface area contributed by atoms with E-state index in [4.69, 9.17) is 0 Å². The fourth-order valence-electron chi connectivity index (χ4n) is 2.62. The first-order valence-corrected chi connectivity index (χ1v) is 9.88. The number of non-ortho nitro benzene ring substituents is 1. The molecule has 0 aliphatic rings. The lowest BCUT2D eigenvalue weighted by Crippen LogP contribution is -2.31. The maximum atomic E-state index is 13.2. The van der Waals surface area contributed by atoms with Gasteiger partial charge in [0.25, 0.3) is 11.6 Å². The summed E-state index contributed by atoms with van der Waals surface area (Å²) in [5, 5.41) is 11.1. The number of nitrogens with zero attached hydrogens (tertiary/aromatic N) is 2. The first kappa shape index (κ1) is 19.5. The maximum Gasteiger partial charge on any atom is 0.270 e. The standard InChI is InChI=1S/C20H14BrIN2O3/c21-16-10-8-14(9-11-16)13-23(19-7-2-1-6-18(19)22)20(25)15-4-3-5-17(12-15)24(26)27/h1-12H,13H2. The van der Waals surface area contributed by atoms with Crippen LogP contribution in [0, 0.1) is 13.7 Å². The Morgan fingerprint density at radius 2 is 1.74 bits per heavy atom. The molecule has 0 aliphatic heterocycles. The van der Waals surface area contributed by atoms with E-state index in [1.807, 2.05) is 48.5 Å². The molecule has 27 heavy (non-hydrogen) atoms. The molecule has 0 heterocycles. The van der Waals surface area contributed by atoms with Gasteiger partial charge in [-0.15, -0.1) is 0 Å². The van der Waals surface area contributed by atoms with Crippen molar-refractivity contribution >= 4 is 55.8 Å². The second-order valence-corrected chi connectivity index (χ2v) is 7.85. The topological polar surface area (TPSA) is 63.4 Å². The number of carbonyl (C=O) groups excluding carboxylic acids is 1. The average Bonchev–Trinajstić information content (AvgIpc) is 2.68. The van der Waals surface area contributed by atoms with Crippen LogP contribution < -0.4 is 4.90 Å². The number of para-hydroxylation sites is 1.